The monoisotopic (exact) mass is 265 g/mol. The molecule has 0 fully saturated rings. The maximum absolute atomic E-state index is 11.8. The van der Waals surface area contributed by atoms with Gasteiger partial charge in [0.25, 0.3) is 5.91 Å². The molecule has 0 saturated carbocycles. The molecule has 7 heteroatoms. The summed E-state index contributed by atoms with van der Waals surface area (Å²) in [6.07, 6.45) is 4.32. The third-order valence-corrected chi connectivity index (χ3v) is 3.39. The van der Waals surface area contributed by atoms with Gasteiger partial charge in [0.15, 0.2) is 0 Å². The Morgan fingerprint density at radius 2 is 2.44 bits per heavy atom. The summed E-state index contributed by atoms with van der Waals surface area (Å²) < 4.78 is 1.93. The lowest BCUT2D eigenvalue weighted by atomic mass is 10.3. The van der Waals surface area contributed by atoms with Gasteiger partial charge in [-0.25, -0.2) is 9.97 Å². The average Bonchev–Trinajstić information content (AvgIpc) is 2.98. The van der Waals surface area contributed by atoms with Crippen LogP contribution in [0.3, 0.4) is 0 Å². The molecule has 0 radical (unpaired) electrons. The van der Waals surface area contributed by atoms with E-state index in [-0.39, 0.29) is 5.91 Å². The van der Waals surface area contributed by atoms with Crippen molar-refractivity contribution in [3.63, 3.8) is 0 Å². The van der Waals surface area contributed by atoms with Crippen LogP contribution in [0.1, 0.15) is 21.3 Å². The molecular formula is C11H15N5OS. The molecule has 6 nitrogen and oxygen atoms in total. The van der Waals surface area contributed by atoms with Crippen LogP contribution in [-0.4, -0.2) is 27.0 Å². The molecule has 96 valence electrons. The van der Waals surface area contributed by atoms with Crippen LogP contribution < -0.4 is 11.1 Å². The lowest BCUT2D eigenvalue weighted by Gasteiger charge is -2.03. The van der Waals surface area contributed by atoms with Crippen molar-refractivity contribution in [2.24, 2.45) is 12.8 Å². The number of nitrogens with zero attached hydrogens (tertiary/aromatic N) is 3. The fourth-order valence-electron chi connectivity index (χ4n) is 1.52. The predicted molar refractivity (Wildman–Crippen MR) is 69.3 cm³/mol. The Kier molecular flexibility index (Phi) is 4.06. The van der Waals surface area contributed by atoms with Crippen molar-refractivity contribution in [3.8, 4) is 0 Å². The summed E-state index contributed by atoms with van der Waals surface area (Å²) in [5.74, 6) is 0.774. The summed E-state index contributed by atoms with van der Waals surface area (Å²) in [4.78, 5) is 20.1. The van der Waals surface area contributed by atoms with E-state index in [4.69, 9.17) is 5.73 Å². The fraction of sp³-hybridized carbons (Fsp3) is 0.364. The molecule has 0 aliphatic carbocycles. The molecule has 2 rings (SSSR count). The second-order valence-corrected chi connectivity index (χ2v) is 4.73. The number of aryl methyl sites for hydroxylation is 1. The maximum Gasteiger partial charge on any atom is 0.270 e. The number of carbonyl (C=O) groups excluding carboxylic acids is 1. The van der Waals surface area contributed by atoms with E-state index in [2.05, 4.69) is 15.3 Å². The number of hydrogen-bond acceptors (Lipinski definition) is 5. The van der Waals surface area contributed by atoms with Gasteiger partial charge in [0.1, 0.15) is 16.5 Å². The van der Waals surface area contributed by atoms with Gasteiger partial charge in [-0.1, -0.05) is 0 Å². The Morgan fingerprint density at radius 3 is 3.06 bits per heavy atom. The molecule has 0 saturated heterocycles. The minimum Gasteiger partial charge on any atom is -0.350 e. The standard InChI is InChI=1S/C11H15N5OS/c1-16-5-4-13-9(16)2-3-14-11(17)8-7-18-10(6-12)15-8/h4-5,7H,2-3,6,12H2,1H3,(H,14,17). The fourth-order valence-corrected chi connectivity index (χ4v) is 2.18. The number of thiazole rings is 1. The molecule has 0 aliphatic heterocycles. The predicted octanol–water partition coefficient (Wildman–Crippen LogP) is 0.308. The van der Waals surface area contributed by atoms with E-state index < -0.39 is 0 Å². The molecule has 2 aromatic heterocycles. The largest absolute Gasteiger partial charge is 0.350 e. The molecule has 0 aromatic carbocycles. The number of amides is 1. The Labute approximate surface area is 109 Å². The number of imidazole rings is 1. The highest BCUT2D eigenvalue weighted by Crippen LogP contribution is 2.08. The highest BCUT2D eigenvalue weighted by atomic mass is 32.1. The van der Waals surface area contributed by atoms with Crippen LogP contribution in [0.25, 0.3) is 0 Å². The van der Waals surface area contributed by atoms with E-state index in [1.807, 2.05) is 17.8 Å². The first-order valence-electron chi connectivity index (χ1n) is 5.59. The smallest absolute Gasteiger partial charge is 0.270 e. The minimum atomic E-state index is -0.167. The number of hydrogen-bond donors (Lipinski definition) is 2. The van der Waals surface area contributed by atoms with E-state index in [0.717, 1.165) is 10.8 Å². The van der Waals surface area contributed by atoms with E-state index in [0.29, 0.717) is 25.2 Å². The Balaban J connectivity index is 1.83. The summed E-state index contributed by atoms with van der Waals surface area (Å²) in [6.45, 7) is 0.907. The van der Waals surface area contributed by atoms with Crippen LogP contribution in [0.4, 0.5) is 0 Å². The van der Waals surface area contributed by atoms with E-state index in [1.54, 1.807) is 11.6 Å². The van der Waals surface area contributed by atoms with E-state index >= 15 is 0 Å². The summed E-state index contributed by atoms with van der Waals surface area (Å²) in [5, 5.41) is 5.30. The van der Waals surface area contributed by atoms with Crippen molar-refractivity contribution in [2.45, 2.75) is 13.0 Å². The van der Waals surface area contributed by atoms with Gasteiger partial charge in [-0.05, 0) is 0 Å². The summed E-state index contributed by atoms with van der Waals surface area (Å²) in [5.41, 5.74) is 5.88. The van der Waals surface area contributed by atoms with Gasteiger partial charge >= 0.3 is 0 Å². The lowest BCUT2D eigenvalue weighted by Crippen LogP contribution is -2.26. The quantitative estimate of drug-likeness (QED) is 0.814. The number of rotatable bonds is 5. The van der Waals surface area contributed by atoms with Crippen LogP contribution in [0.15, 0.2) is 17.8 Å². The summed E-state index contributed by atoms with van der Waals surface area (Å²) >= 11 is 1.40. The second-order valence-electron chi connectivity index (χ2n) is 3.79. The van der Waals surface area contributed by atoms with Gasteiger partial charge < -0.3 is 15.6 Å². The van der Waals surface area contributed by atoms with Crippen molar-refractivity contribution in [3.05, 3.63) is 34.3 Å². The van der Waals surface area contributed by atoms with Crippen molar-refractivity contribution >= 4 is 17.2 Å². The number of aromatic nitrogens is 3. The normalized spacial score (nSPS) is 10.6. The van der Waals surface area contributed by atoms with Crippen LogP contribution in [0.2, 0.25) is 0 Å². The average molecular weight is 265 g/mol. The maximum atomic E-state index is 11.8. The van der Waals surface area contributed by atoms with Gasteiger partial charge in [0.2, 0.25) is 0 Å². The first-order valence-corrected chi connectivity index (χ1v) is 6.47. The molecule has 2 heterocycles. The van der Waals surface area contributed by atoms with Crippen LogP contribution >= 0.6 is 11.3 Å². The lowest BCUT2D eigenvalue weighted by molar-refractivity contribution is 0.0949. The molecule has 2 aromatic rings. The highest BCUT2D eigenvalue weighted by molar-refractivity contribution is 7.09. The zero-order chi connectivity index (χ0) is 13.0. The zero-order valence-corrected chi connectivity index (χ0v) is 10.9. The van der Waals surface area contributed by atoms with Crippen molar-refractivity contribution in [1.29, 1.82) is 0 Å². The molecule has 0 spiro atoms. The van der Waals surface area contributed by atoms with Crippen molar-refractivity contribution in [2.75, 3.05) is 6.54 Å². The highest BCUT2D eigenvalue weighted by Gasteiger charge is 2.09. The second kappa shape index (κ2) is 5.74. The molecule has 3 N–H and O–H groups in total. The molecule has 0 aliphatic rings. The van der Waals surface area contributed by atoms with Gasteiger partial charge in [-0.15, -0.1) is 11.3 Å². The van der Waals surface area contributed by atoms with Crippen LogP contribution in [0.5, 0.6) is 0 Å². The van der Waals surface area contributed by atoms with Gasteiger partial charge in [0, 0.05) is 44.3 Å². The number of nitrogens with one attached hydrogen (secondary N) is 1. The molecule has 18 heavy (non-hydrogen) atoms. The zero-order valence-electron chi connectivity index (χ0n) is 10.1. The van der Waals surface area contributed by atoms with Crippen molar-refractivity contribution in [1.82, 2.24) is 19.9 Å². The molecule has 0 unspecified atom stereocenters. The minimum absolute atomic E-state index is 0.167. The molecule has 0 atom stereocenters. The Bertz CT molecular complexity index is 533. The summed E-state index contributed by atoms with van der Waals surface area (Å²) in [7, 11) is 1.93. The number of nitrogens with two attached hydrogens (primary N) is 1. The van der Waals surface area contributed by atoms with Gasteiger partial charge in [0.05, 0.1) is 0 Å². The van der Waals surface area contributed by atoms with Gasteiger partial charge in [-0.3, -0.25) is 4.79 Å². The van der Waals surface area contributed by atoms with Crippen LogP contribution in [0, 0.1) is 0 Å². The van der Waals surface area contributed by atoms with E-state index in [1.165, 1.54) is 11.3 Å². The van der Waals surface area contributed by atoms with Crippen LogP contribution in [-0.2, 0) is 20.0 Å². The van der Waals surface area contributed by atoms with E-state index in [9.17, 15) is 4.79 Å². The van der Waals surface area contributed by atoms with Gasteiger partial charge in [-0.2, -0.15) is 0 Å². The molecule has 1 amide bonds. The summed E-state index contributed by atoms with van der Waals surface area (Å²) in [6, 6.07) is 0. The third kappa shape index (κ3) is 2.93. The number of carbonyl (C=O) groups is 1. The first-order chi connectivity index (χ1) is 8.70. The Hall–Kier alpha value is -1.73. The SMILES string of the molecule is Cn1ccnc1CCNC(=O)c1csc(CN)n1. The molecular weight excluding hydrogens is 250 g/mol. The Morgan fingerprint density at radius 1 is 1.61 bits per heavy atom. The third-order valence-electron chi connectivity index (χ3n) is 2.51. The topological polar surface area (TPSA) is 85.8 Å². The van der Waals surface area contributed by atoms with Crippen molar-refractivity contribution < 1.29 is 4.79 Å². The molecule has 0 bridgehead atoms. The first kappa shape index (κ1) is 12.7.